The van der Waals surface area contributed by atoms with E-state index in [9.17, 15) is 0 Å². The number of guanidine groups is 1. The largest absolute Gasteiger partial charge is 0.423 e. The van der Waals surface area contributed by atoms with E-state index in [4.69, 9.17) is 15.6 Å². The summed E-state index contributed by atoms with van der Waals surface area (Å²) in [5.41, 5.74) is 7.66. The van der Waals surface area contributed by atoms with Crippen molar-refractivity contribution in [3.8, 4) is 0 Å². The Kier molecular flexibility index (Phi) is 1.85. The zero-order chi connectivity index (χ0) is 10.1. The highest BCUT2D eigenvalue weighted by Crippen LogP contribution is 2.21. The molecule has 5 heteroatoms. The third-order valence-electron chi connectivity index (χ3n) is 1.86. The lowest BCUT2D eigenvalue weighted by molar-refractivity contribution is 0.624. The smallest absolute Gasteiger partial charge is 0.302 e. The molecule has 0 aliphatic carbocycles. The standard InChI is InChI=1S/C9H10N4O/c1-5-3-2-4-6-7(5)12-9(14-6)13-8(10)11/h2-4H,1H3,(H4,10,11,12,13). The molecular weight excluding hydrogens is 180 g/mol. The minimum Gasteiger partial charge on any atom is -0.423 e. The highest BCUT2D eigenvalue weighted by atomic mass is 16.4. The summed E-state index contributed by atoms with van der Waals surface area (Å²) in [6.45, 7) is 1.95. The molecule has 0 fully saturated rings. The summed E-state index contributed by atoms with van der Waals surface area (Å²) in [5, 5.41) is 9.53. The van der Waals surface area contributed by atoms with Crippen molar-refractivity contribution in [2.24, 2.45) is 5.73 Å². The molecule has 0 saturated carbocycles. The molecule has 14 heavy (non-hydrogen) atoms. The van der Waals surface area contributed by atoms with Gasteiger partial charge >= 0.3 is 6.01 Å². The third kappa shape index (κ3) is 1.39. The van der Waals surface area contributed by atoms with Gasteiger partial charge in [-0.1, -0.05) is 12.1 Å². The van der Waals surface area contributed by atoms with Crippen molar-refractivity contribution in [2.75, 3.05) is 5.32 Å². The molecule has 5 nitrogen and oxygen atoms in total. The summed E-state index contributed by atoms with van der Waals surface area (Å²) >= 11 is 0. The number of nitrogens with two attached hydrogens (primary N) is 1. The fourth-order valence-electron chi connectivity index (χ4n) is 1.25. The summed E-state index contributed by atoms with van der Waals surface area (Å²) in [5.74, 6) is -0.186. The highest BCUT2D eigenvalue weighted by Gasteiger charge is 2.06. The van der Waals surface area contributed by atoms with Gasteiger partial charge in [0.1, 0.15) is 5.52 Å². The van der Waals surface area contributed by atoms with Gasteiger partial charge < -0.3 is 10.2 Å². The topological polar surface area (TPSA) is 87.9 Å². The molecule has 0 radical (unpaired) electrons. The normalized spacial score (nSPS) is 10.4. The molecule has 0 aliphatic rings. The van der Waals surface area contributed by atoms with Crippen LogP contribution in [0.25, 0.3) is 11.1 Å². The van der Waals surface area contributed by atoms with Crippen LogP contribution in [-0.4, -0.2) is 10.9 Å². The number of rotatable bonds is 1. The van der Waals surface area contributed by atoms with E-state index in [1.54, 1.807) is 0 Å². The number of nitrogens with zero attached hydrogens (tertiary/aromatic N) is 1. The van der Waals surface area contributed by atoms with Crippen molar-refractivity contribution < 1.29 is 4.42 Å². The van der Waals surface area contributed by atoms with Crippen LogP contribution in [0.4, 0.5) is 6.01 Å². The van der Waals surface area contributed by atoms with Gasteiger partial charge in [0.05, 0.1) is 0 Å². The summed E-state index contributed by atoms with van der Waals surface area (Å²) in [6, 6.07) is 5.91. The van der Waals surface area contributed by atoms with Crippen LogP contribution >= 0.6 is 0 Å². The van der Waals surface area contributed by atoms with Crippen LogP contribution < -0.4 is 11.1 Å². The quantitative estimate of drug-likeness (QED) is 0.469. The number of aromatic nitrogens is 1. The maximum atomic E-state index is 7.03. The Morgan fingerprint density at radius 3 is 3.00 bits per heavy atom. The maximum absolute atomic E-state index is 7.03. The van der Waals surface area contributed by atoms with Crippen molar-refractivity contribution in [3.63, 3.8) is 0 Å². The van der Waals surface area contributed by atoms with Gasteiger partial charge in [0, 0.05) is 0 Å². The molecule has 0 spiro atoms. The zero-order valence-electron chi connectivity index (χ0n) is 7.66. The average Bonchev–Trinajstić information content (AvgIpc) is 2.47. The number of nitrogens with one attached hydrogen (secondary N) is 2. The van der Waals surface area contributed by atoms with E-state index in [1.165, 1.54) is 0 Å². The first-order chi connectivity index (χ1) is 6.66. The highest BCUT2D eigenvalue weighted by molar-refractivity contribution is 5.89. The summed E-state index contributed by atoms with van der Waals surface area (Å²) < 4.78 is 5.32. The second-order valence-corrected chi connectivity index (χ2v) is 2.98. The molecule has 0 saturated heterocycles. The third-order valence-corrected chi connectivity index (χ3v) is 1.86. The molecule has 0 atom stereocenters. The molecule has 1 aromatic heterocycles. The minimum absolute atomic E-state index is 0.186. The molecule has 0 aliphatic heterocycles. The molecule has 0 bridgehead atoms. The average molecular weight is 190 g/mol. The van der Waals surface area contributed by atoms with Crippen molar-refractivity contribution >= 4 is 23.1 Å². The number of hydrogen-bond donors (Lipinski definition) is 3. The Balaban J connectivity index is 2.51. The van der Waals surface area contributed by atoms with E-state index in [2.05, 4.69) is 10.3 Å². The van der Waals surface area contributed by atoms with Crippen LogP contribution in [0.5, 0.6) is 0 Å². The Labute approximate surface area is 80.4 Å². The van der Waals surface area contributed by atoms with Gasteiger partial charge in [0.15, 0.2) is 11.5 Å². The Bertz CT molecular complexity index is 489. The van der Waals surface area contributed by atoms with Gasteiger partial charge in [-0.25, -0.2) is 0 Å². The van der Waals surface area contributed by atoms with Crippen molar-refractivity contribution in [3.05, 3.63) is 23.8 Å². The predicted molar refractivity (Wildman–Crippen MR) is 54.3 cm³/mol. The van der Waals surface area contributed by atoms with Gasteiger partial charge in [-0.15, -0.1) is 0 Å². The van der Waals surface area contributed by atoms with Gasteiger partial charge in [0.2, 0.25) is 0 Å². The van der Waals surface area contributed by atoms with Gasteiger partial charge in [-0.3, -0.25) is 10.7 Å². The Morgan fingerprint density at radius 1 is 1.57 bits per heavy atom. The second kappa shape index (κ2) is 3.02. The summed E-state index contributed by atoms with van der Waals surface area (Å²) in [4.78, 5) is 4.15. The maximum Gasteiger partial charge on any atom is 0.302 e. The van der Waals surface area contributed by atoms with E-state index in [0.29, 0.717) is 5.58 Å². The molecule has 2 aromatic rings. The first-order valence-electron chi connectivity index (χ1n) is 4.14. The van der Waals surface area contributed by atoms with E-state index in [0.717, 1.165) is 11.1 Å². The number of aryl methyl sites for hydroxylation is 1. The Morgan fingerprint density at radius 2 is 2.36 bits per heavy atom. The summed E-state index contributed by atoms with van der Waals surface area (Å²) in [7, 11) is 0. The second-order valence-electron chi connectivity index (χ2n) is 2.98. The Hall–Kier alpha value is -2.04. The van der Waals surface area contributed by atoms with Crippen LogP contribution in [-0.2, 0) is 0 Å². The number of oxazole rings is 1. The fraction of sp³-hybridized carbons (Fsp3) is 0.111. The molecular formula is C9H10N4O. The summed E-state index contributed by atoms with van der Waals surface area (Å²) in [6.07, 6.45) is 0. The van der Waals surface area contributed by atoms with Gasteiger partial charge in [0.25, 0.3) is 0 Å². The van der Waals surface area contributed by atoms with Crippen LogP contribution in [0.1, 0.15) is 5.56 Å². The van der Waals surface area contributed by atoms with Crippen LogP contribution in [0, 0.1) is 12.3 Å². The lowest BCUT2D eigenvalue weighted by Crippen LogP contribution is -2.20. The molecule has 4 N–H and O–H groups in total. The van der Waals surface area contributed by atoms with E-state index in [-0.39, 0.29) is 12.0 Å². The lowest BCUT2D eigenvalue weighted by atomic mass is 10.2. The van der Waals surface area contributed by atoms with Crippen LogP contribution in [0.3, 0.4) is 0 Å². The monoisotopic (exact) mass is 190 g/mol. The number of fused-ring (bicyclic) bond motifs is 1. The number of benzene rings is 1. The molecule has 1 heterocycles. The van der Waals surface area contributed by atoms with Crippen LogP contribution in [0.2, 0.25) is 0 Å². The molecule has 1 aromatic carbocycles. The van der Waals surface area contributed by atoms with Crippen LogP contribution in [0.15, 0.2) is 22.6 Å². The first kappa shape index (κ1) is 8.55. The van der Waals surface area contributed by atoms with Crippen molar-refractivity contribution in [1.82, 2.24) is 4.98 Å². The molecule has 0 amide bonds. The molecule has 0 unspecified atom stereocenters. The van der Waals surface area contributed by atoms with Crippen molar-refractivity contribution in [1.29, 1.82) is 5.41 Å². The first-order valence-corrected chi connectivity index (χ1v) is 4.14. The van der Waals surface area contributed by atoms with Crippen molar-refractivity contribution in [2.45, 2.75) is 6.92 Å². The van der Waals surface area contributed by atoms with Gasteiger partial charge in [-0.05, 0) is 18.6 Å². The SMILES string of the molecule is Cc1cccc2oc(NC(=N)N)nc12. The lowest BCUT2D eigenvalue weighted by Gasteiger charge is -1.93. The minimum atomic E-state index is -0.186. The van der Waals surface area contributed by atoms with Gasteiger partial charge in [-0.2, -0.15) is 4.98 Å². The predicted octanol–water partition coefficient (Wildman–Crippen LogP) is 1.44. The zero-order valence-corrected chi connectivity index (χ0v) is 7.66. The number of hydrogen-bond acceptors (Lipinski definition) is 3. The molecule has 72 valence electrons. The molecule has 2 rings (SSSR count). The van der Waals surface area contributed by atoms with E-state index < -0.39 is 0 Å². The van der Waals surface area contributed by atoms with E-state index in [1.807, 2.05) is 25.1 Å². The number of para-hydroxylation sites is 1. The van der Waals surface area contributed by atoms with E-state index >= 15 is 0 Å². The fourth-order valence-corrected chi connectivity index (χ4v) is 1.25. The number of anilines is 1.